The molecule has 0 aliphatic carbocycles. The third-order valence-electron chi connectivity index (χ3n) is 3.44. The molecule has 0 saturated carbocycles. The molecule has 4 heteroatoms. The molecular formula is C12H14N2O2. The van der Waals surface area contributed by atoms with Crippen molar-refractivity contribution in [2.24, 2.45) is 11.8 Å². The lowest BCUT2D eigenvalue weighted by molar-refractivity contribution is 0.0751. The van der Waals surface area contributed by atoms with Gasteiger partial charge in [0.15, 0.2) is 0 Å². The lowest BCUT2D eigenvalue weighted by Gasteiger charge is -2.16. The summed E-state index contributed by atoms with van der Waals surface area (Å²) in [5, 5.41) is 0. The molecule has 0 aromatic carbocycles. The summed E-state index contributed by atoms with van der Waals surface area (Å²) < 4.78 is 5.39. The summed E-state index contributed by atoms with van der Waals surface area (Å²) in [4.78, 5) is 18.0. The number of hydrogen-bond donors (Lipinski definition) is 0. The Labute approximate surface area is 94.2 Å². The number of nitrogens with zero attached hydrogens (tertiary/aromatic N) is 2. The maximum atomic E-state index is 12.1. The molecule has 1 aromatic heterocycles. The second kappa shape index (κ2) is 3.87. The summed E-state index contributed by atoms with van der Waals surface area (Å²) in [7, 11) is 0. The van der Waals surface area contributed by atoms with E-state index in [2.05, 4.69) is 4.98 Å². The SMILES string of the molecule is O=C(c1cccnc1)N1CC2COCC2C1. The first-order chi connectivity index (χ1) is 7.84. The molecule has 2 aliphatic rings. The molecule has 4 nitrogen and oxygen atoms in total. The number of pyridine rings is 1. The van der Waals surface area contributed by atoms with Crippen LogP contribution in [-0.4, -0.2) is 42.1 Å². The summed E-state index contributed by atoms with van der Waals surface area (Å²) in [5.74, 6) is 1.18. The van der Waals surface area contributed by atoms with Crippen LogP contribution in [-0.2, 0) is 4.74 Å². The molecule has 0 bridgehead atoms. The van der Waals surface area contributed by atoms with Crippen molar-refractivity contribution in [3.8, 4) is 0 Å². The number of fused-ring (bicyclic) bond motifs is 1. The zero-order valence-electron chi connectivity index (χ0n) is 9.00. The predicted molar refractivity (Wildman–Crippen MR) is 57.9 cm³/mol. The Kier molecular flexibility index (Phi) is 2.36. The Hall–Kier alpha value is -1.42. The summed E-state index contributed by atoms with van der Waals surface area (Å²) in [5.41, 5.74) is 0.684. The van der Waals surface area contributed by atoms with E-state index >= 15 is 0 Å². The summed E-state index contributed by atoms with van der Waals surface area (Å²) in [6.45, 7) is 3.28. The van der Waals surface area contributed by atoms with Crippen molar-refractivity contribution in [2.75, 3.05) is 26.3 Å². The van der Waals surface area contributed by atoms with E-state index in [1.165, 1.54) is 0 Å². The molecule has 1 aromatic rings. The molecule has 3 heterocycles. The van der Waals surface area contributed by atoms with E-state index in [0.29, 0.717) is 17.4 Å². The number of hydrogen-bond acceptors (Lipinski definition) is 3. The van der Waals surface area contributed by atoms with Gasteiger partial charge in [-0.1, -0.05) is 0 Å². The van der Waals surface area contributed by atoms with Gasteiger partial charge >= 0.3 is 0 Å². The lowest BCUT2D eigenvalue weighted by atomic mass is 10.0. The second-order valence-electron chi connectivity index (χ2n) is 4.51. The average Bonchev–Trinajstić information content (AvgIpc) is 2.89. The molecule has 0 spiro atoms. The number of aromatic nitrogens is 1. The smallest absolute Gasteiger partial charge is 0.255 e. The Morgan fingerprint density at radius 2 is 2.12 bits per heavy atom. The highest BCUT2D eigenvalue weighted by Gasteiger charge is 2.39. The maximum absolute atomic E-state index is 12.1. The first-order valence-electron chi connectivity index (χ1n) is 5.61. The minimum Gasteiger partial charge on any atom is -0.381 e. The highest BCUT2D eigenvalue weighted by atomic mass is 16.5. The molecule has 84 valence electrons. The van der Waals surface area contributed by atoms with Gasteiger partial charge in [-0.2, -0.15) is 0 Å². The summed E-state index contributed by atoms with van der Waals surface area (Å²) in [6, 6.07) is 3.62. The molecule has 3 rings (SSSR count). The lowest BCUT2D eigenvalue weighted by Crippen LogP contribution is -2.30. The van der Waals surface area contributed by atoms with Gasteiger partial charge in [0.25, 0.3) is 5.91 Å². The second-order valence-corrected chi connectivity index (χ2v) is 4.51. The Morgan fingerprint density at radius 3 is 2.75 bits per heavy atom. The van der Waals surface area contributed by atoms with Crippen LogP contribution in [0.5, 0.6) is 0 Å². The first kappa shape index (κ1) is 9.78. The van der Waals surface area contributed by atoms with Gasteiger partial charge in [-0.05, 0) is 12.1 Å². The van der Waals surface area contributed by atoms with Crippen LogP contribution in [0.15, 0.2) is 24.5 Å². The number of rotatable bonds is 1. The van der Waals surface area contributed by atoms with Gasteiger partial charge in [0.05, 0.1) is 18.8 Å². The summed E-state index contributed by atoms with van der Waals surface area (Å²) in [6.07, 6.45) is 3.32. The van der Waals surface area contributed by atoms with Crippen LogP contribution in [0, 0.1) is 11.8 Å². The molecule has 1 amide bonds. The Morgan fingerprint density at radius 1 is 1.38 bits per heavy atom. The highest BCUT2D eigenvalue weighted by molar-refractivity contribution is 5.94. The fourth-order valence-corrected chi connectivity index (χ4v) is 2.52. The molecule has 2 atom stereocenters. The van der Waals surface area contributed by atoms with Gasteiger partial charge in [0.2, 0.25) is 0 Å². The van der Waals surface area contributed by atoms with E-state index in [1.807, 2.05) is 11.0 Å². The van der Waals surface area contributed by atoms with Crippen LogP contribution in [0.3, 0.4) is 0 Å². The highest BCUT2D eigenvalue weighted by Crippen LogP contribution is 2.29. The van der Waals surface area contributed by atoms with Gasteiger partial charge in [0.1, 0.15) is 0 Å². The van der Waals surface area contributed by atoms with Crippen molar-refractivity contribution >= 4 is 5.91 Å². The third-order valence-corrected chi connectivity index (χ3v) is 3.44. The molecule has 2 fully saturated rings. The normalized spacial score (nSPS) is 28.1. The number of amides is 1. The van der Waals surface area contributed by atoms with Crippen molar-refractivity contribution in [2.45, 2.75) is 0 Å². The van der Waals surface area contributed by atoms with Gasteiger partial charge in [0, 0.05) is 37.3 Å². The largest absolute Gasteiger partial charge is 0.381 e. The van der Waals surface area contributed by atoms with E-state index in [-0.39, 0.29) is 5.91 Å². The Bertz CT molecular complexity index is 381. The number of ether oxygens (including phenoxy) is 1. The maximum Gasteiger partial charge on any atom is 0.255 e. The third kappa shape index (κ3) is 1.59. The molecule has 16 heavy (non-hydrogen) atoms. The van der Waals surface area contributed by atoms with Crippen molar-refractivity contribution in [3.63, 3.8) is 0 Å². The van der Waals surface area contributed by atoms with Crippen molar-refractivity contribution in [1.82, 2.24) is 9.88 Å². The van der Waals surface area contributed by atoms with E-state index in [9.17, 15) is 4.79 Å². The van der Waals surface area contributed by atoms with Crippen LogP contribution in [0.25, 0.3) is 0 Å². The predicted octanol–water partition coefficient (Wildman–Crippen LogP) is 0.800. The van der Waals surface area contributed by atoms with Crippen LogP contribution in [0.1, 0.15) is 10.4 Å². The Balaban J connectivity index is 1.73. The average molecular weight is 218 g/mol. The molecule has 0 radical (unpaired) electrons. The number of carbonyl (C=O) groups is 1. The quantitative estimate of drug-likeness (QED) is 0.700. The van der Waals surface area contributed by atoms with Gasteiger partial charge in [-0.25, -0.2) is 0 Å². The van der Waals surface area contributed by atoms with Crippen molar-refractivity contribution < 1.29 is 9.53 Å². The zero-order valence-corrected chi connectivity index (χ0v) is 9.00. The zero-order chi connectivity index (χ0) is 11.0. The number of carbonyl (C=O) groups excluding carboxylic acids is 1. The first-order valence-corrected chi connectivity index (χ1v) is 5.61. The van der Waals surface area contributed by atoms with Crippen molar-refractivity contribution in [1.29, 1.82) is 0 Å². The van der Waals surface area contributed by atoms with Crippen LogP contribution >= 0.6 is 0 Å². The van der Waals surface area contributed by atoms with Gasteiger partial charge in [-0.3, -0.25) is 9.78 Å². The molecule has 2 saturated heterocycles. The van der Waals surface area contributed by atoms with Crippen LogP contribution in [0.2, 0.25) is 0 Å². The fraction of sp³-hybridized carbons (Fsp3) is 0.500. The van der Waals surface area contributed by atoms with E-state index in [4.69, 9.17) is 4.74 Å². The summed E-state index contributed by atoms with van der Waals surface area (Å²) >= 11 is 0. The molecular weight excluding hydrogens is 204 g/mol. The van der Waals surface area contributed by atoms with Crippen LogP contribution in [0.4, 0.5) is 0 Å². The standard InChI is InChI=1S/C12H14N2O2/c15-12(9-2-1-3-13-4-9)14-5-10-7-16-8-11(10)6-14/h1-4,10-11H,5-8H2. The molecule has 2 aliphatic heterocycles. The fourth-order valence-electron chi connectivity index (χ4n) is 2.52. The number of likely N-dealkylation sites (tertiary alicyclic amines) is 1. The van der Waals surface area contributed by atoms with Crippen molar-refractivity contribution in [3.05, 3.63) is 30.1 Å². The van der Waals surface area contributed by atoms with E-state index in [0.717, 1.165) is 26.3 Å². The van der Waals surface area contributed by atoms with Crippen LogP contribution < -0.4 is 0 Å². The molecule has 0 N–H and O–H groups in total. The minimum atomic E-state index is 0.0995. The van der Waals surface area contributed by atoms with Gasteiger partial charge in [-0.15, -0.1) is 0 Å². The topological polar surface area (TPSA) is 42.4 Å². The van der Waals surface area contributed by atoms with Gasteiger partial charge < -0.3 is 9.64 Å². The molecule has 2 unspecified atom stereocenters. The van der Waals surface area contributed by atoms with E-state index in [1.54, 1.807) is 18.5 Å². The monoisotopic (exact) mass is 218 g/mol. The minimum absolute atomic E-state index is 0.0995. The van der Waals surface area contributed by atoms with E-state index < -0.39 is 0 Å².